The summed E-state index contributed by atoms with van der Waals surface area (Å²) in [5, 5.41) is 0. The van der Waals surface area contributed by atoms with Crippen LogP contribution in [0.1, 0.15) is 33.6 Å². The summed E-state index contributed by atoms with van der Waals surface area (Å²) in [6.45, 7) is 5.43. The number of ketones is 2. The van der Waals surface area contributed by atoms with Crippen LogP contribution in [-0.4, -0.2) is 11.6 Å². The van der Waals surface area contributed by atoms with Crippen LogP contribution in [0.4, 0.5) is 0 Å². The highest BCUT2D eigenvalue weighted by atomic mass is 16.2. The average Bonchev–Trinajstić information content (AvgIpc) is 2.82. The van der Waals surface area contributed by atoms with Gasteiger partial charge in [-0.25, -0.2) is 0 Å². The highest BCUT2D eigenvalue weighted by Gasteiger charge is 2.35. The summed E-state index contributed by atoms with van der Waals surface area (Å²) < 4.78 is 0. The van der Waals surface area contributed by atoms with Gasteiger partial charge < -0.3 is 0 Å². The molecule has 0 aliphatic heterocycles. The minimum Gasteiger partial charge on any atom is -0.299 e. The second kappa shape index (κ2) is 3.38. The molecule has 0 amide bonds. The van der Waals surface area contributed by atoms with Crippen molar-refractivity contribution >= 4 is 11.6 Å². The third-order valence-electron chi connectivity index (χ3n) is 2.40. The van der Waals surface area contributed by atoms with Gasteiger partial charge in [0.2, 0.25) is 0 Å². The topological polar surface area (TPSA) is 34.1 Å². The first-order valence-corrected chi connectivity index (χ1v) is 4.61. The van der Waals surface area contributed by atoms with E-state index in [1.165, 1.54) is 0 Å². The Labute approximate surface area is 73.3 Å². The van der Waals surface area contributed by atoms with Crippen molar-refractivity contribution in [1.29, 1.82) is 0 Å². The monoisotopic (exact) mass is 168 g/mol. The molecule has 1 saturated carbocycles. The molecule has 0 spiro atoms. The first-order chi connectivity index (χ1) is 5.54. The van der Waals surface area contributed by atoms with Gasteiger partial charge in [-0.3, -0.25) is 9.59 Å². The van der Waals surface area contributed by atoms with Crippen LogP contribution in [0.2, 0.25) is 0 Å². The van der Waals surface area contributed by atoms with Gasteiger partial charge in [-0.2, -0.15) is 0 Å². The smallest absolute Gasteiger partial charge is 0.146 e. The molecule has 2 nitrogen and oxygen atoms in total. The third-order valence-corrected chi connectivity index (χ3v) is 2.40. The molecular formula is C10H16O2. The van der Waals surface area contributed by atoms with E-state index in [1.54, 1.807) is 6.92 Å². The third kappa shape index (κ3) is 1.93. The van der Waals surface area contributed by atoms with E-state index in [4.69, 9.17) is 0 Å². The van der Waals surface area contributed by atoms with Crippen LogP contribution in [0.3, 0.4) is 0 Å². The summed E-state index contributed by atoms with van der Waals surface area (Å²) in [6, 6.07) is 0. The molecule has 1 aliphatic carbocycles. The van der Waals surface area contributed by atoms with Crippen LogP contribution in [0, 0.1) is 17.8 Å². The number of hydrogen-bond acceptors (Lipinski definition) is 2. The van der Waals surface area contributed by atoms with Gasteiger partial charge in [0.25, 0.3) is 0 Å². The van der Waals surface area contributed by atoms with Crippen molar-refractivity contribution in [1.82, 2.24) is 0 Å². The lowest BCUT2D eigenvalue weighted by atomic mass is 9.91. The maximum Gasteiger partial charge on any atom is 0.146 e. The lowest BCUT2D eigenvalue weighted by Gasteiger charge is -2.10. The summed E-state index contributed by atoms with van der Waals surface area (Å²) in [5.41, 5.74) is 0. The van der Waals surface area contributed by atoms with E-state index >= 15 is 0 Å². The van der Waals surface area contributed by atoms with E-state index in [0.29, 0.717) is 0 Å². The predicted molar refractivity (Wildman–Crippen MR) is 46.7 cm³/mol. The van der Waals surface area contributed by atoms with Crippen molar-refractivity contribution in [3.05, 3.63) is 0 Å². The summed E-state index contributed by atoms with van der Waals surface area (Å²) in [4.78, 5) is 22.8. The van der Waals surface area contributed by atoms with Crippen LogP contribution in [-0.2, 0) is 9.59 Å². The molecule has 0 saturated heterocycles. The van der Waals surface area contributed by atoms with Crippen LogP contribution < -0.4 is 0 Å². The van der Waals surface area contributed by atoms with Crippen LogP contribution in [0.5, 0.6) is 0 Å². The number of Topliss-reactive ketones (excluding diaryl/α,β-unsaturated/α-hetero) is 2. The van der Waals surface area contributed by atoms with Crippen molar-refractivity contribution in [2.75, 3.05) is 0 Å². The second-order valence-electron chi connectivity index (χ2n) is 3.96. The summed E-state index contributed by atoms with van der Waals surface area (Å²) in [7, 11) is 0. The van der Waals surface area contributed by atoms with Crippen molar-refractivity contribution in [3.8, 4) is 0 Å². The molecule has 12 heavy (non-hydrogen) atoms. The lowest BCUT2D eigenvalue weighted by molar-refractivity contribution is -0.134. The zero-order chi connectivity index (χ0) is 9.30. The van der Waals surface area contributed by atoms with Crippen molar-refractivity contribution < 1.29 is 9.59 Å². The van der Waals surface area contributed by atoms with Gasteiger partial charge in [0.15, 0.2) is 0 Å². The van der Waals surface area contributed by atoms with E-state index in [0.717, 1.165) is 12.8 Å². The summed E-state index contributed by atoms with van der Waals surface area (Å²) >= 11 is 0. The van der Waals surface area contributed by atoms with Gasteiger partial charge in [-0.1, -0.05) is 13.8 Å². The van der Waals surface area contributed by atoms with Gasteiger partial charge in [0.1, 0.15) is 11.6 Å². The van der Waals surface area contributed by atoms with Gasteiger partial charge >= 0.3 is 0 Å². The minimum atomic E-state index is -0.363. The molecule has 0 aromatic rings. The summed E-state index contributed by atoms with van der Waals surface area (Å²) in [6.07, 6.45) is 1.99. The molecule has 1 atom stereocenters. The van der Waals surface area contributed by atoms with Gasteiger partial charge in [0.05, 0.1) is 5.92 Å². The van der Waals surface area contributed by atoms with Crippen molar-refractivity contribution in [2.45, 2.75) is 33.6 Å². The SMILES string of the molecule is CC(C)C(=O)C(C)C(=O)C1CC1. The maximum atomic E-state index is 11.4. The van der Waals surface area contributed by atoms with E-state index in [9.17, 15) is 9.59 Å². The number of hydrogen-bond donors (Lipinski definition) is 0. The Morgan fingerprint density at radius 1 is 1.17 bits per heavy atom. The second-order valence-corrected chi connectivity index (χ2v) is 3.96. The molecule has 1 fully saturated rings. The Bertz CT molecular complexity index is 188. The molecule has 1 rings (SSSR count). The molecule has 0 aromatic carbocycles. The predicted octanol–water partition coefficient (Wildman–Crippen LogP) is 1.83. The van der Waals surface area contributed by atoms with Gasteiger partial charge in [0, 0.05) is 11.8 Å². The normalized spacial score (nSPS) is 19.3. The number of carbonyl (C=O) groups excluding carboxylic acids is 2. The molecular weight excluding hydrogens is 152 g/mol. The fourth-order valence-corrected chi connectivity index (χ4v) is 1.36. The summed E-state index contributed by atoms with van der Waals surface area (Å²) in [5.74, 6) is 0.0866. The van der Waals surface area contributed by atoms with Crippen LogP contribution in [0.15, 0.2) is 0 Å². The number of rotatable bonds is 4. The zero-order valence-corrected chi connectivity index (χ0v) is 7.96. The lowest BCUT2D eigenvalue weighted by Crippen LogP contribution is -2.26. The Kier molecular flexibility index (Phi) is 2.65. The van der Waals surface area contributed by atoms with Gasteiger partial charge in [-0.15, -0.1) is 0 Å². The van der Waals surface area contributed by atoms with E-state index in [1.807, 2.05) is 13.8 Å². The Morgan fingerprint density at radius 3 is 2.00 bits per heavy atom. The maximum absolute atomic E-state index is 11.4. The first kappa shape index (κ1) is 9.43. The molecule has 0 aromatic heterocycles. The van der Waals surface area contributed by atoms with Crippen LogP contribution in [0.25, 0.3) is 0 Å². The Morgan fingerprint density at radius 2 is 1.67 bits per heavy atom. The van der Waals surface area contributed by atoms with E-state index in [-0.39, 0.29) is 29.3 Å². The Balaban J connectivity index is 2.50. The highest BCUT2D eigenvalue weighted by Crippen LogP contribution is 2.33. The van der Waals surface area contributed by atoms with Crippen molar-refractivity contribution in [3.63, 3.8) is 0 Å². The molecule has 2 heteroatoms. The average molecular weight is 168 g/mol. The molecule has 0 bridgehead atoms. The number of carbonyl (C=O) groups is 2. The molecule has 0 radical (unpaired) electrons. The first-order valence-electron chi connectivity index (χ1n) is 4.61. The Hall–Kier alpha value is -0.660. The molecule has 68 valence electrons. The van der Waals surface area contributed by atoms with Gasteiger partial charge in [-0.05, 0) is 19.8 Å². The van der Waals surface area contributed by atoms with E-state index in [2.05, 4.69) is 0 Å². The highest BCUT2D eigenvalue weighted by molar-refractivity contribution is 6.04. The van der Waals surface area contributed by atoms with Crippen molar-refractivity contribution in [2.24, 2.45) is 17.8 Å². The fourth-order valence-electron chi connectivity index (χ4n) is 1.36. The zero-order valence-electron chi connectivity index (χ0n) is 7.96. The minimum absolute atomic E-state index is 0.0114. The molecule has 1 aliphatic rings. The van der Waals surface area contributed by atoms with E-state index < -0.39 is 0 Å². The largest absolute Gasteiger partial charge is 0.299 e. The quantitative estimate of drug-likeness (QED) is 0.600. The standard InChI is InChI=1S/C10H16O2/c1-6(2)9(11)7(3)10(12)8-4-5-8/h6-8H,4-5H2,1-3H3. The molecule has 1 unspecified atom stereocenters. The fraction of sp³-hybridized carbons (Fsp3) is 0.800. The molecule has 0 N–H and O–H groups in total. The van der Waals surface area contributed by atoms with Crippen LogP contribution >= 0.6 is 0 Å². The molecule has 0 heterocycles.